The number of anilines is 1. The van der Waals surface area contributed by atoms with E-state index in [0.717, 1.165) is 23.5 Å². The number of fused-ring (bicyclic) bond motifs is 1. The lowest BCUT2D eigenvalue weighted by atomic mass is 9.90. The molecule has 6 atom stereocenters. The molecule has 0 radical (unpaired) electrons. The number of aryl methyl sites for hydroxylation is 1. The number of carbonyl (C=O) groups is 1. The van der Waals surface area contributed by atoms with Crippen LogP contribution < -0.4 is 16.6 Å². The minimum Gasteiger partial charge on any atom is -0.415 e. The van der Waals surface area contributed by atoms with Crippen molar-refractivity contribution in [1.29, 1.82) is 0 Å². The number of amides is 1. The zero-order valence-electron chi connectivity index (χ0n) is 25.9. The number of aromatic nitrogens is 2. The maximum Gasteiger partial charge on any atom is 0.490 e. The zero-order chi connectivity index (χ0) is 38.9. The molecule has 0 bridgehead atoms. The number of hydrogen-bond donors (Lipinski definition) is 6. The second kappa shape index (κ2) is 15.5. The highest BCUT2D eigenvalue weighted by Crippen LogP contribution is 2.66. The second-order valence-corrected chi connectivity index (χ2v) is 15.8. The third-order valence-corrected chi connectivity index (χ3v) is 11.0. The number of azide groups is 1. The van der Waals surface area contributed by atoms with E-state index in [4.69, 9.17) is 36.5 Å². The lowest BCUT2D eigenvalue weighted by Gasteiger charge is -2.35. The van der Waals surface area contributed by atoms with Gasteiger partial charge >= 0.3 is 41.4 Å². The number of halogens is 4. The summed E-state index contributed by atoms with van der Waals surface area (Å²) in [6.45, 7) is 0.544. The lowest BCUT2D eigenvalue weighted by Crippen LogP contribution is -2.49. The Bertz CT molecular complexity index is 2110. The van der Waals surface area contributed by atoms with Gasteiger partial charge in [-0.2, -0.15) is 21.8 Å². The molecule has 2 aliphatic heterocycles. The predicted molar refractivity (Wildman–Crippen MR) is 167 cm³/mol. The summed E-state index contributed by atoms with van der Waals surface area (Å²) >= 11 is 5.78. The van der Waals surface area contributed by atoms with E-state index in [1.54, 1.807) is 0 Å². The molecule has 284 valence electrons. The Morgan fingerprint density at radius 1 is 1.15 bits per heavy atom. The quantitative estimate of drug-likeness (QED) is 0.0678. The second-order valence-electron chi connectivity index (χ2n) is 10.9. The summed E-state index contributed by atoms with van der Waals surface area (Å²) in [6, 6.07) is 2.77. The third-order valence-electron chi connectivity index (χ3n) is 6.95. The van der Waals surface area contributed by atoms with E-state index in [-0.39, 0.29) is 34.2 Å². The number of phosphoric acid groups is 3. The van der Waals surface area contributed by atoms with E-state index >= 15 is 0 Å². The van der Waals surface area contributed by atoms with Crippen LogP contribution in [0.3, 0.4) is 0 Å². The molecular formula is C24H25ClF3N6O15P3. The van der Waals surface area contributed by atoms with E-state index in [0.29, 0.717) is 0 Å². The molecule has 2 fully saturated rings. The van der Waals surface area contributed by atoms with Gasteiger partial charge in [-0.25, -0.2) is 23.3 Å². The topological polar surface area (TPSA) is 311 Å². The molecule has 21 nitrogen and oxygen atoms in total. The first-order valence-electron chi connectivity index (χ1n) is 14.1. The van der Waals surface area contributed by atoms with Gasteiger partial charge in [-0.3, -0.25) is 24.2 Å². The number of H-pyrrole nitrogens is 1. The van der Waals surface area contributed by atoms with Crippen LogP contribution in [0.25, 0.3) is 10.4 Å². The SMILES string of the molecule is Cc1cn([C@H]2C[C@H](N=[N+]=[N-])[C@@H](COP(=O)(O)OP(=O)(O)OP(=O)(O)O)O2)c(=O)[nH]c1=O.O=C1Nc2ccc(Cl)cc2[C@@](C#CC2CC2)(C(F)(F)F)O1. The monoisotopic (exact) mass is 822 g/mol. The number of hydrogen-bond acceptors (Lipinski definition) is 12. The van der Waals surface area contributed by atoms with Crippen molar-refractivity contribution in [3.05, 3.63) is 71.8 Å². The largest absolute Gasteiger partial charge is 0.490 e. The van der Waals surface area contributed by atoms with Gasteiger partial charge in [-0.05, 0) is 49.4 Å². The molecule has 52 heavy (non-hydrogen) atoms. The highest BCUT2D eigenvalue weighted by atomic mass is 35.5. The molecule has 0 spiro atoms. The summed E-state index contributed by atoms with van der Waals surface area (Å²) in [5.41, 5.74) is 4.11. The number of carbonyl (C=O) groups excluding carboxylic acids is 1. The van der Waals surface area contributed by atoms with Crippen molar-refractivity contribution in [2.75, 3.05) is 11.9 Å². The fourth-order valence-electron chi connectivity index (χ4n) is 4.55. The van der Waals surface area contributed by atoms with Gasteiger partial charge in [-0.15, -0.1) is 0 Å². The third kappa shape index (κ3) is 10.6. The Hall–Kier alpha value is -3.51. The van der Waals surface area contributed by atoms with Gasteiger partial charge in [0, 0.05) is 39.6 Å². The molecule has 5 rings (SSSR count). The number of aromatic amines is 1. The number of cyclic esters (lactones) is 1. The smallest absolute Gasteiger partial charge is 0.415 e. The van der Waals surface area contributed by atoms with Crippen molar-refractivity contribution in [2.24, 2.45) is 11.0 Å². The number of phosphoric ester groups is 1. The van der Waals surface area contributed by atoms with Gasteiger partial charge in [0.15, 0.2) is 0 Å². The van der Waals surface area contributed by atoms with Gasteiger partial charge in [-0.1, -0.05) is 22.6 Å². The minimum absolute atomic E-state index is 0.00179. The van der Waals surface area contributed by atoms with Crippen LogP contribution in [0.1, 0.15) is 36.6 Å². The number of nitrogens with one attached hydrogen (secondary N) is 2. The molecular weight excluding hydrogens is 798 g/mol. The van der Waals surface area contributed by atoms with Gasteiger partial charge < -0.3 is 29.0 Å². The Balaban J connectivity index is 0.000000249. The lowest BCUT2D eigenvalue weighted by molar-refractivity contribution is -0.239. The first-order chi connectivity index (χ1) is 23.9. The van der Waals surface area contributed by atoms with Crippen LogP contribution in [0.5, 0.6) is 0 Å². The Labute approximate surface area is 293 Å². The molecule has 1 aliphatic carbocycles. The van der Waals surface area contributed by atoms with Crippen LogP contribution in [-0.4, -0.2) is 60.1 Å². The number of nitrogens with zero attached hydrogens (tertiary/aromatic N) is 4. The Morgan fingerprint density at radius 2 is 1.83 bits per heavy atom. The highest BCUT2D eigenvalue weighted by molar-refractivity contribution is 7.66. The van der Waals surface area contributed by atoms with E-state index in [1.165, 1.54) is 25.3 Å². The summed E-state index contributed by atoms with van der Waals surface area (Å²) in [6.07, 6.45) is -5.80. The van der Waals surface area contributed by atoms with Crippen LogP contribution in [0.2, 0.25) is 5.02 Å². The maximum atomic E-state index is 13.6. The van der Waals surface area contributed by atoms with Crippen molar-refractivity contribution in [3.63, 3.8) is 0 Å². The number of rotatable bonds is 9. The fourth-order valence-corrected chi connectivity index (χ4v) is 7.75. The number of ether oxygens (including phenoxy) is 2. The summed E-state index contributed by atoms with van der Waals surface area (Å²) < 4.78 is 97.2. The fraction of sp³-hybridized carbons (Fsp3) is 0.458. The van der Waals surface area contributed by atoms with E-state index in [9.17, 15) is 46.1 Å². The minimum atomic E-state index is -5.70. The van der Waals surface area contributed by atoms with Gasteiger partial charge in [0.25, 0.3) is 11.2 Å². The van der Waals surface area contributed by atoms with Crippen molar-refractivity contribution >= 4 is 46.8 Å². The normalized spacial score (nSPS) is 24.9. The molecule has 3 heterocycles. The molecule has 1 aromatic carbocycles. The molecule has 1 saturated heterocycles. The van der Waals surface area contributed by atoms with Crippen molar-refractivity contribution in [3.8, 4) is 11.8 Å². The molecule has 2 aromatic rings. The number of benzene rings is 1. The average Bonchev–Trinajstić information content (AvgIpc) is 3.74. The summed E-state index contributed by atoms with van der Waals surface area (Å²) in [7, 11) is -16.7. The zero-order valence-corrected chi connectivity index (χ0v) is 29.3. The van der Waals surface area contributed by atoms with E-state index < -0.39 is 77.6 Å². The van der Waals surface area contributed by atoms with E-state index in [2.05, 4.69) is 45.1 Å². The van der Waals surface area contributed by atoms with E-state index in [1.807, 2.05) is 4.98 Å². The number of alkyl halides is 3. The van der Waals surface area contributed by atoms with Crippen LogP contribution in [0.4, 0.5) is 23.7 Å². The Morgan fingerprint density at radius 3 is 2.42 bits per heavy atom. The van der Waals surface area contributed by atoms with Crippen LogP contribution in [-0.2, 0) is 41.9 Å². The first kappa shape index (κ1) is 41.2. The van der Waals surface area contributed by atoms with Crippen LogP contribution >= 0.6 is 35.1 Å². The molecule has 6 N–H and O–H groups in total. The summed E-state index contributed by atoms with van der Waals surface area (Å²) in [4.78, 5) is 75.2. The predicted octanol–water partition coefficient (Wildman–Crippen LogP) is 4.23. The molecule has 1 aromatic heterocycles. The molecule has 2 unspecified atom stereocenters. The molecule has 3 aliphatic rings. The van der Waals surface area contributed by atoms with Crippen LogP contribution in [0, 0.1) is 24.7 Å². The van der Waals surface area contributed by atoms with Gasteiger partial charge in [0.1, 0.15) is 6.23 Å². The van der Waals surface area contributed by atoms with Crippen molar-refractivity contribution in [2.45, 2.75) is 56.3 Å². The maximum absolute atomic E-state index is 13.6. The molecule has 1 saturated carbocycles. The molecule has 28 heteroatoms. The standard InChI is InChI=1S/C14H9ClF3NO2.C10H16N5O13P3/c15-9-3-4-11-10(7-9)13(14(16,17)18,21-12(20)19-11)6-5-8-1-2-8;1-5-3-15(10(17)12-9(5)16)8-2-6(13-14-11)7(26-8)4-25-30(21,22)28-31(23,24)27-29(18,19)20/h3-4,7-8H,1-2H2,(H,19,20);3,6-8H,2,4H2,1H3,(H,21,22)(H,23,24)(H,12,16,17)(H2,18,19,20)/t13-;6-,7+,8+/m00/s1. The highest BCUT2D eigenvalue weighted by Gasteiger charge is 2.62. The summed E-state index contributed by atoms with van der Waals surface area (Å²) in [5.74, 6) is 4.60. The van der Waals surface area contributed by atoms with Gasteiger partial charge in [0.2, 0.25) is 0 Å². The van der Waals surface area contributed by atoms with Crippen LogP contribution in [0.15, 0.2) is 39.1 Å². The van der Waals surface area contributed by atoms with Gasteiger partial charge in [0.05, 0.1) is 24.4 Å². The average molecular weight is 823 g/mol. The first-order valence-corrected chi connectivity index (χ1v) is 19.0. The molecule has 1 amide bonds. The van der Waals surface area contributed by atoms with Crippen molar-refractivity contribution < 1.29 is 73.9 Å². The summed E-state index contributed by atoms with van der Waals surface area (Å²) in [5, 5.41) is 5.75. The van der Waals surface area contributed by atoms with Crippen molar-refractivity contribution in [1.82, 2.24) is 9.55 Å². The Kier molecular flexibility index (Phi) is 12.3.